The van der Waals surface area contributed by atoms with E-state index in [9.17, 15) is 0 Å². The maximum absolute atomic E-state index is 4.99. The molecule has 55 heavy (non-hydrogen) atoms. The van der Waals surface area contributed by atoms with Crippen molar-refractivity contribution < 1.29 is 0 Å². The van der Waals surface area contributed by atoms with Gasteiger partial charge in [0.05, 0.1) is 17.1 Å². The van der Waals surface area contributed by atoms with Crippen LogP contribution in [-0.4, -0.2) is 20.4 Å². The third-order valence-corrected chi connectivity index (χ3v) is 12.4. The van der Waals surface area contributed by atoms with Crippen molar-refractivity contribution in [3.63, 3.8) is 0 Å². The molecule has 0 fully saturated rings. The highest BCUT2D eigenvalue weighted by Crippen LogP contribution is 2.57. The molecule has 0 aliphatic heterocycles. The Balaban J connectivity index is 1.26. The van der Waals surface area contributed by atoms with E-state index in [0.29, 0.717) is 0 Å². The van der Waals surface area contributed by atoms with E-state index in [4.69, 9.17) is 4.98 Å². The van der Waals surface area contributed by atoms with Crippen molar-refractivity contribution in [1.29, 1.82) is 0 Å². The first-order valence-electron chi connectivity index (χ1n) is 19.2. The number of hydrogen-bond donors (Lipinski definition) is 0. The molecule has 0 radical (unpaired) electrons. The van der Waals surface area contributed by atoms with Crippen LogP contribution in [0.4, 0.5) is 0 Å². The molecular formula is C51H34N4. The van der Waals surface area contributed by atoms with Gasteiger partial charge in [0.25, 0.3) is 0 Å². The smallest absolute Gasteiger partial charge is 0.0715 e. The van der Waals surface area contributed by atoms with Crippen LogP contribution >= 0.6 is 0 Å². The molecule has 4 heteroatoms. The standard InChI is InChI=1S/C51H34N4/c1-26(2)51-39(18-9-23-52-51)47-35-21-19-32-31(40(35)24-42-33-14-5-10-29-12-7-16-37(45(29)33)48(42)47)20-22-36-41(32)25-43-34-15-6-11-30-13-8-17-38(46(30)34)49(43)50(36)44-27(3)53-55-54-28(44)4/h5-26H,1-4H3. The van der Waals surface area contributed by atoms with Gasteiger partial charge in [0.2, 0.25) is 0 Å². The number of benzene rings is 8. The fourth-order valence-corrected chi connectivity index (χ4v) is 10.2. The third-order valence-electron chi connectivity index (χ3n) is 12.4. The highest BCUT2D eigenvalue weighted by molar-refractivity contribution is 6.30. The quantitative estimate of drug-likeness (QED) is 0.172. The summed E-state index contributed by atoms with van der Waals surface area (Å²) in [7, 11) is 0. The van der Waals surface area contributed by atoms with Crippen molar-refractivity contribution in [1.82, 2.24) is 20.4 Å². The van der Waals surface area contributed by atoms with Crippen molar-refractivity contribution in [3.05, 3.63) is 145 Å². The van der Waals surface area contributed by atoms with E-state index in [-0.39, 0.29) is 5.92 Å². The summed E-state index contributed by atoms with van der Waals surface area (Å²) in [6.07, 6.45) is 1.94. The summed E-state index contributed by atoms with van der Waals surface area (Å²) >= 11 is 0. The minimum absolute atomic E-state index is 0.268. The van der Waals surface area contributed by atoms with Crippen molar-refractivity contribution in [2.24, 2.45) is 0 Å². The number of fused-ring (bicyclic) bond motifs is 11. The lowest BCUT2D eigenvalue weighted by atomic mass is 9.83. The molecule has 2 aromatic heterocycles. The first-order valence-corrected chi connectivity index (χ1v) is 19.2. The predicted octanol–water partition coefficient (Wildman–Crippen LogP) is 13.4. The second-order valence-electron chi connectivity index (χ2n) is 15.6. The molecule has 0 atom stereocenters. The second kappa shape index (κ2) is 10.9. The number of pyridine rings is 1. The van der Waals surface area contributed by atoms with Crippen LogP contribution in [0.15, 0.2) is 128 Å². The van der Waals surface area contributed by atoms with Gasteiger partial charge >= 0.3 is 0 Å². The topological polar surface area (TPSA) is 51.6 Å². The number of aromatic nitrogens is 4. The van der Waals surface area contributed by atoms with Gasteiger partial charge in [-0.3, -0.25) is 4.98 Å². The Morgan fingerprint density at radius 1 is 0.400 bits per heavy atom. The lowest BCUT2D eigenvalue weighted by Crippen LogP contribution is -2.01. The van der Waals surface area contributed by atoms with Gasteiger partial charge in [0.1, 0.15) is 0 Å². The van der Waals surface area contributed by atoms with E-state index in [1.807, 2.05) is 6.20 Å². The van der Waals surface area contributed by atoms with Crippen molar-refractivity contribution >= 4 is 53.9 Å². The number of nitrogens with zero attached hydrogens (tertiary/aromatic N) is 4. The summed E-state index contributed by atoms with van der Waals surface area (Å²) in [6, 6.07) is 45.6. The first-order chi connectivity index (χ1) is 27.0. The Bertz CT molecular complexity index is 3340. The zero-order chi connectivity index (χ0) is 36.7. The van der Waals surface area contributed by atoms with Gasteiger partial charge in [0, 0.05) is 22.9 Å². The van der Waals surface area contributed by atoms with Crippen LogP contribution in [0.2, 0.25) is 0 Å². The van der Waals surface area contributed by atoms with Crippen LogP contribution < -0.4 is 0 Å². The molecule has 0 unspecified atom stereocenters. The van der Waals surface area contributed by atoms with Gasteiger partial charge < -0.3 is 0 Å². The van der Waals surface area contributed by atoms with E-state index in [1.165, 1.54) is 115 Å². The Hall–Kier alpha value is -6.78. The normalized spacial score (nSPS) is 12.5. The van der Waals surface area contributed by atoms with E-state index in [2.05, 4.69) is 164 Å². The molecule has 8 aromatic carbocycles. The average Bonchev–Trinajstić information content (AvgIpc) is 3.71. The van der Waals surface area contributed by atoms with Crippen LogP contribution in [0.3, 0.4) is 0 Å². The maximum Gasteiger partial charge on any atom is 0.0715 e. The number of hydrogen-bond acceptors (Lipinski definition) is 4. The zero-order valence-electron chi connectivity index (χ0n) is 31.0. The van der Waals surface area contributed by atoms with E-state index in [0.717, 1.165) is 22.6 Å². The van der Waals surface area contributed by atoms with Crippen molar-refractivity contribution in [2.75, 3.05) is 0 Å². The molecule has 2 heterocycles. The fourth-order valence-electron chi connectivity index (χ4n) is 10.2. The Labute approximate surface area is 318 Å². The summed E-state index contributed by atoms with van der Waals surface area (Å²) in [5, 5.41) is 25.7. The molecule has 0 N–H and O–H groups in total. The second-order valence-corrected chi connectivity index (χ2v) is 15.6. The maximum atomic E-state index is 4.99. The highest BCUT2D eigenvalue weighted by atomic mass is 15.3. The lowest BCUT2D eigenvalue weighted by molar-refractivity contribution is 0.820. The summed E-state index contributed by atoms with van der Waals surface area (Å²) in [5.74, 6) is 0.268. The summed E-state index contributed by atoms with van der Waals surface area (Å²) < 4.78 is 0. The molecule has 2 aliphatic carbocycles. The lowest BCUT2D eigenvalue weighted by Gasteiger charge is -2.21. The monoisotopic (exact) mass is 702 g/mol. The van der Waals surface area contributed by atoms with Crippen LogP contribution in [0.25, 0.3) is 121 Å². The van der Waals surface area contributed by atoms with E-state index in [1.54, 1.807) is 0 Å². The summed E-state index contributed by atoms with van der Waals surface area (Å²) in [4.78, 5) is 4.99. The molecular weight excluding hydrogens is 669 g/mol. The molecule has 0 saturated heterocycles. The van der Waals surface area contributed by atoms with Crippen LogP contribution in [0.1, 0.15) is 36.8 Å². The van der Waals surface area contributed by atoms with Gasteiger partial charge in [-0.2, -0.15) is 0 Å². The SMILES string of the molecule is Cc1nnnc(C)c1-c1c2c(cc3c1ccc1c4cc5c(c(-c6cccnc6C(C)C)c4ccc31)-c1cccc3cccc-5c13)-c1cccc3cccc-2c13. The van der Waals surface area contributed by atoms with Crippen LogP contribution in [-0.2, 0) is 0 Å². The number of aryl methyl sites for hydroxylation is 2. The molecule has 0 bridgehead atoms. The largest absolute Gasteiger partial charge is 0.260 e. The van der Waals surface area contributed by atoms with Gasteiger partial charge in [-0.25, -0.2) is 0 Å². The van der Waals surface area contributed by atoms with E-state index < -0.39 is 0 Å². The molecule has 10 aromatic rings. The third kappa shape index (κ3) is 3.96. The zero-order valence-corrected chi connectivity index (χ0v) is 31.0. The molecule has 0 spiro atoms. The van der Waals surface area contributed by atoms with Gasteiger partial charge in [-0.15, -0.1) is 10.2 Å². The molecule has 2 aliphatic rings. The molecule has 0 saturated carbocycles. The minimum Gasteiger partial charge on any atom is -0.260 e. The number of rotatable bonds is 3. The molecule has 12 rings (SSSR count). The Morgan fingerprint density at radius 3 is 1.42 bits per heavy atom. The first kappa shape index (κ1) is 30.7. The van der Waals surface area contributed by atoms with Crippen molar-refractivity contribution in [2.45, 2.75) is 33.6 Å². The van der Waals surface area contributed by atoms with Gasteiger partial charge in [0.15, 0.2) is 0 Å². The average molecular weight is 703 g/mol. The van der Waals surface area contributed by atoms with Crippen LogP contribution in [0.5, 0.6) is 0 Å². The summed E-state index contributed by atoms with van der Waals surface area (Å²) in [6.45, 7) is 8.62. The van der Waals surface area contributed by atoms with E-state index >= 15 is 0 Å². The van der Waals surface area contributed by atoms with Gasteiger partial charge in [-0.1, -0.05) is 117 Å². The van der Waals surface area contributed by atoms with Crippen LogP contribution in [0, 0.1) is 13.8 Å². The Kier molecular flexibility index (Phi) is 6.07. The fraction of sp³-hybridized carbons (Fsp3) is 0.0980. The van der Waals surface area contributed by atoms with Gasteiger partial charge in [-0.05, 0) is 147 Å². The Morgan fingerprint density at radius 2 is 0.873 bits per heavy atom. The van der Waals surface area contributed by atoms with Crippen molar-refractivity contribution in [3.8, 4) is 66.8 Å². The minimum atomic E-state index is 0.268. The molecule has 258 valence electrons. The predicted molar refractivity (Wildman–Crippen MR) is 228 cm³/mol. The molecule has 0 amide bonds. The molecule has 4 nitrogen and oxygen atoms in total. The summed E-state index contributed by atoms with van der Waals surface area (Å²) in [5.41, 5.74) is 17.9. The highest BCUT2D eigenvalue weighted by Gasteiger charge is 2.31.